The van der Waals surface area contributed by atoms with Gasteiger partial charge in [-0.1, -0.05) is 0 Å². The molecule has 0 unspecified atom stereocenters. The molecule has 23 heavy (non-hydrogen) atoms. The first-order chi connectivity index (χ1) is 11.2. The molecule has 0 radical (unpaired) electrons. The van der Waals surface area contributed by atoms with Crippen molar-refractivity contribution in [2.75, 3.05) is 32.7 Å². The van der Waals surface area contributed by atoms with E-state index in [9.17, 15) is 10.1 Å². The van der Waals surface area contributed by atoms with Crippen LogP contribution in [0.5, 0.6) is 0 Å². The molecule has 1 aromatic carbocycles. The highest BCUT2D eigenvalue weighted by molar-refractivity contribution is 7.94. The lowest BCUT2D eigenvalue weighted by Gasteiger charge is -2.12. The van der Waals surface area contributed by atoms with E-state index in [1.165, 1.54) is 19.2 Å². The van der Waals surface area contributed by atoms with E-state index in [1.807, 2.05) is 6.07 Å². The zero-order valence-electron chi connectivity index (χ0n) is 12.6. The maximum absolute atomic E-state index is 11.6. The Morgan fingerprint density at radius 2 is 2.26 bits per heavy atom. The number of carbonyl (C=O) groups excluding carboxylic acids is 1. The van der Waals surface area contributed by atoms with Crippen LogP contribution in [0.2, 0.25) is 0 Å². The highest BCUT2D eigenvalue weighted by atomic mass is 32.2. The molecule has 1 aromatic rings. The van der Waals surface area contributed by atoms with Crippen LogP contribution in [0.3, 0.4) is 0 Å². The van der Waals surface area contributed by atoms with E-state index in [4.69, 9.17) is 10.9 Å². The van der Waals surface area contributed by atoms with E-state index in [-0.39, 0.29) is 11.3 Å². The predicted octanol–water partition coefficient (Wildman–Crippen LogP) is 1.54. The van der Waals surface area contributed by atoms with E-state index in [0.29, 0.717) is 23.7 Å². The summed E-state index contributed by atoms with van der Waals surface area (Å²) in [5.41, 5.74) is 5.83. The van der Waals surface area contributed by atoms with Crippen LogP contribution in [0.4, 0.5) is 16.2 Å². The molecule has 0 saturated heterocycles. The van der Waals surface area contributed by atoms with Crippen LogP contribution < -0.4 is 21.5 Å². The molecule has 0 aliphatic carbocycles. The van der Waals surface area contributed by atoms with Crippen LogP contribution >= 0.6 is 12.0 Å². The number of nitrogens with one attached hydrogen (secondary N) is 4. The molecule has 1 rings (SSSR count). The highest BCUT2D eigenvalue weighted by Crippen LogP contribution is 2.35. The van der Waals surface area contributed by atoms with Crippen molar-refractivity contribution in [2.24, 2.45) is 0 Å². The second-order valence-corrected chi connectivity index (χ2v) is 4.76. The first-order valence-corrected chi connectivity index (χ1v) is 7.17. The van der Waals surface area contributed by atoms with Crippen LogP contribution in [0.25, 0.3) is 4.85 Å². The van der Waals surface area contributed by atoms with Crippen molar-refractivity contribution in [1.29, 1.82) is 5.26 Å². The van der Waals surface area contributed by atoms with Gasteiger partial charge in [-0.3, -0.25) is 10.9 Å². The van der Waals surface area contributed by atoms with Gasteiger partial charge in [0.1, 0.15) is 6.07 Å². The van der Waals surface area contributed by atoms with Crippen LogP contribution in [-0.4, -0.2) is 33.3 Å². The van der Waals surface area contributed by atoms with E-state index in [2.05, 4.69) is 31.2 Å². The summed E-state index contributed by atoms with van der Waals surface area (Å²) < 4.78 is 4.71. The smallest absolute Gasteiger partial charge is 0.333 e. The summed E-state index contributed by atoms with van der Waals surface area (Å²) in [6.07, 6.45) is 0. The number of hydrogen-bond donors (Lipinski definition) is 4. The largest absolute Gasteiger partial charge is 0.335 e. The molecule has 9 nitrogen and oxygen atoms in total. The van der Waals surface area contributed by atoms with Gasteiger partial charge in [-0.15, -0.1) is 0 Å². The van der Waals surface area contributed by atoms with Crippen molar-refractivity contribution < 1.29 is 14.0 Å². The van der Waals surface area contributed by atoms with Crippen LogP contribution in [0.15, 0.2) is 17.0 Å². The Bertz CT molecular complexity index is 625. The van der Waals surface area contributed by atoms with Crippen LogP contribution in [-0.2, 0) is 9.22 Å². The molecule has 122 valence electrons. The zero-order valence-corrected chi connectivity index (χ0v) is 13.4. The van der Waals surface area contributed by atoms with Gasteiger partial charge in [0.25, 0.3) is 0 Å². The van der Waals surface area contributed by atoms with Gasteiger partial charge in [0, 0.05) is 18.0 Å². The quantitative estimate of drug-likeness (QED) is 0.187. The second-order valence-electron chi connectivity index (χ2n) is 4.02. The van der Waals surface area contributed by atoms with Gasteiger partial charge in [0.05, 0.1) is 37.0 Å². The van der Waals surface area contributed by atoms with Gasteiger partial charge in [0.15, 0.2) is 0 Å². The summed E-state index contributed by atoms with van der Waals surface area (Å²) in [6, 6.07) is 4.45. The van der Waals surface area contributed by atoms with Gasteiger partial charge < -0.3 is 10.6 Å². The van der Waals surface area contributed by atoms with Crippen molar-refractivity contribution in [3.8, 4) is 6.07 Å². The Hall–Kier alpha value is -2.50. The SMILES string of the molecule is [C-]#[N+]c1cc(NNC(=O)NCCNC)c(C#N)cc1SOOC. The summed E-state index contributed by atoms with van der Waals surface area (Å²) in [5.74, 6) is 0. The van der Waals surface area contributed by atoms with Gasteiger partial charge in [-0.25, -0.2) is 14.5 Å². The van der Waals surface area contributed by atoms with Crippen molar-refractivity contribution in [1.82, 2.24) is 16.1 Å². The van der Waals surface area contributed by atoms with E-state index in [1.54, 1.807) is 7.05 Å². The molecule has 0 aliphatic rings. The number of hydrazine groups is 1. The van der Waals surface area contributed by atoms with Gasteiger partial charge in [-0.2, -0.15) is 9.60 Å². The minimum absolute atomic E-state index is 0.245. The number of rotatable bonds is 8. The maximum Gasteiger partial charge on any atom is 0.333 e. The Kier molecular flexibility index (Phi) is 8.28. The molecule has 0 fully saturated rings. The number of nitriles is 1. The Morgan fingerprint density at radius 3 is 2.87 bits per heavy atom. The van der Waals surface area contributed by atoms with E-state index >= 15 is 0 Å². The van der Waals surface area contributed by atoms with Gasteiger partial charge >= 0.3 is 6.03 Å². The fraction of sp³-hybridized carbons (Fsp3) is 0.308. The summed E-state index contributed by atoms with van der Waals surface area (Å²) in [4.78, 5) is 19.8. The molecule has 0 aromatic heterocycles. The number of likely N-dealkylation sites (N-methyl/N-ethyl adjacent to an activating group) is 1. The van der Waals surface area contributed by atoms with Gasteiger partial charge in [-0.05, 0) is 19.2 Å². The number of carbonyl (C=O) groups is 1. The first-order valence-electron chi connectivity index (χ1n) is 6.43. The van der Waals surface area contributed by atoms with Crippen molar-refractivity contribution >= 4 is 29.4 Å². The Balaban J connectivity index is 2.80. The topological polar surface area (TPSA) is 112 Å². The van der Waals surface area contributed by atoms with Crippen molar-refractivity contribution in [3.63, 3.8) is 0 Å². The maximum atomic E-state index is 11.6. The number of anilines is 1. The minimum Gasteiger partial charge on any atom is -0.335 e. The zero-order chi connectivity index (χ0) is 17.1. The second kappa shape index (κ2) is 10.3. The lowest BCUT2D eigenvalue weighted by molar-refractivity contribution is -0.160. The fourth-order valence-corrected chi connectivity index (χ4v) is 1.96. The number of hydrogen-bond acceptors (Lipinski definition) is 7. The van der Waals surface area contributed by atoms with Crippen LogP contribution in [0.1, 0.15) is 5.56 Å². The Labute approximate surface area is 138 Å². The average Bonchev–Trinajstić information content (AvgIpc) is 2.57. The molecule has 0 bridgehead atoms. The highest BCUT2D eigenvalue weighted by Gasteiger charge is 2.12. The lowest BCUT2D eigenvalue weighted by atomic mass is 10.2. The summed E-state index contributed by atoms with van der Waals surface area (Å²) in [6.45, 7) is 8.25. The third-order valence-corrected chi connectivity index (χ3v) is 3.21. The molecule has 0 heterocycles. The molecule has 0 spiro atoms. The van der Waals surface area contributed by atoms with Crippen molar-refractivity contribution in [3.05, 3.63) is 29.1 Å². The normalized spacial score (nSPS) is 9.57. The molecular weight excluding hydrogens is 320 g/mol. The third kappa shape index (κ3) is 6.02. The molecule has 2 amide bonds. The number of urea groups is 1. The standard InChI is InChI=1S/C13H16N6O3S/c1-15-4-5-17-13(20)19-18-10-7-11(16-2)12(23-22-21-3)6-9(10)8-14/h6-7,15,18H,4-5H2,1,3H3,(H2,17,19,20). The first kappa shape index (κ1) is 18.5. The predicted molar refractivity (Wildman–Crippen MR) is 85.5 cm³/mol. The monoisotopic (exact) mass is 336 g/mol. The molecule has 0 atom stereocenters. The number of nitrogens with zero attached hydrogens (tertiary/aromatic N) is 2. The number of benzene rings is 1. The van der Waals surface area contributed by atoms with E-state index < -0.39 is 6.03 Å². The average molecular weight is 336 g/mol. The van der Waals surface area contributed by atoms with Crippen LogP contribution in [0, 0.1) is 17.9 Å². The number of amides is 2. The van der Waals surface area contributed by atoms with E-state index in [0.717, 1.165) is 12.0 Å². The Morgan fingerprint density at radius 1 is 1.48 bits per heavy atom. The minimum atomic E-state index is -0.449. The fourth-order valence-electron chi connectivity index (χ4n) is 1.46. The summed E-state index contributed by atoms with van der Waals surface area (Å²) >= 11 is 0.826. The third-order valence-electron chi connectivity index (χ3n) is 2.50. The molecule has 0 aliphatic heterocycles. The lowest BCUT2D eigenvalue weighted by Crippen LogP contribution is -2.41. The van der Waals surface area contributed by atoms with Crippen molar-refractivity contribution in [2.45, 2.75) is 4.90 Å². The molecular formula is C13H16N6O3S. The summed E-state index contributed by atoms with van der Waals surface area (Å²) in [5, 5.41) is 14.7. The summed E-state index contributed by atoms with van der Waals surface area (Å²) in [7, 11) is 3.11. The molecule has 0 saturated carbocycles. The molecule has 10 heteroatoms. The molecule has 4 N–H and O–H groups in total. The van der Waals surface area contributed by atoms with Gasteiger partial charge in [0.2, 0.25) is 5.69 Å².